The zero-order chi connectivity index (χ0) is 11.1. The van der Waals surface area contributed by atoms with Crippen LogP contribution in [0.15, 0.2) is 42.5 Å². The summed E-state index contributed by atoms with van der Waals surface area (Å²) in [5.74, 6) is 0.580. The van der Waals surface area contributed by atoms with Gasteiger partial charge in [-0.3, -0.25) is 0 Å². The topological polar surface area (TPSA) is 12.0 Å². The highest BCUT2D eigenvalue weighted by molar-refractivity contribution is 5.18. The molecular formula is C14H21N. The molecule has 0 saturated heterocycles. The molecule has 0 amide bonds. The molecule has 1 atom stereocenters. The average Bonchev–Trinajstić information content (AvgIpc) is 2.25. The first-order chi connectivity index (χ1) is 7.20. The minimum atomic E-state index is 0.580. The number of hydrogen-bond acceptors (Lipinski definition) is 1. The Balaban J connectivity index is 2.25. The van der Waals surface area contributed by atoms with Crippen LogP contribution in [0.5, 0.6) is 0 Å². The van der Waals surface area contributed by atoms with E-state index < -0.39 is 0 Å². The van der Waals surface area contributed by atoms with Crippen LogP contribution in [0.4, 0.5) is 0 Å². The summed E-state index contributed by atoms with van der Waals surface area (Å²) in [5.41, 5.74) is 2.65. The normalized spacial score (nSPS) is 12.4. The molecule has 1 N–H and O–H groups in total. The molecule has 0 bridgehead atoms. The molecule has 15 heavy (non-hydrogen) atoms. The molecule has 1 nitrogen and oxygen atoms in total. The van der Waals surface area contributed by atoms with Crippen molar-refractivity contribution in [1.82, 2.24) is 5.32 Å². The Hall–Kier alpha value is -1.08. The first-order valence-electron chi connectivity index (χ1n) is 5.60. The lowest BCUT2D eigenvalue weighted by atomic mass is 10.0. The van der Waals surface area contributed by atoms with Gasteiger partial charge < -0.3 is 5.32 Å². The Kier molecular flexibility index (Phi) is 5.13. The van der Waals surface area contributed by atoms with Gasteiger partial charge in [0, 0.05) is 6.54 Å². The maximum atomic E-state index is 3.89. The molecule has 0 spiro atoms. The molecule has 1 rings (SSSR count). The molecule has 0 aliphatic carbocycles. The molecular weight excluding hydrogens is 182 g/mol. The lowest BCUT2D eigenvalue weighted by Crippen LogP contribution is -2.21. The van der Waals surface area contributed by atoms with E-state index in [0.29, 0.717) is 5.92 Å². The highest BCUT2D eigenvalue weighted by Crippen LogP contribution is 2.12. The van der Waals surface area contributed by atoms with Gasteiger partial charge in [0.25, 0.3) is 0 Å². The minimum absolute atomic E-state index is 0.580. The molecule has 0 fully saturated rings. The van der Waals surface area contributed by atoms with Crippen molar-refractivity contribution in [2.45, 2.75) is 26.2 Å². The lowest BCUT2D eigenvalue weighted by Gasteiger charge is -2.12. The second-order valence-electron chi connectivity index (χ2n) is 4.22. The van der Waals surface area contributed by atoms with Crippen LogP contribution in [0.25, 0.3) is 0 Å². The smallest absolute Gasteiger partial charge is 0.00176 e. The van der Waals surface area contributed by atoms with Crippen LogP contribution >= 0.6 is 0 Å². The molecule has 0 aliphatic heterocycles. The van der Waals surface area contributed by atoms with Crippen molar-refractivity contribution in [3.05, 3.63) is 48.0 Å². The Bertz CT molecular complexity index is 289. The lowest BCUT2D eigenvalue weighted by molar-refractivity contribution is 0.614. The third-order valence-corrected chi connectivity index (χ3v) is 2.55. The average molecular weight is 203 g/mol. The summed E-state index contributed by atoms with van der Waals surface area (Å²) in [6, 6.07) is 10.6. The van der Waals surface area contributed by atoms with Crippen LogP contribution in [0, 0.1) is 0 Å². The molecule has 1 unspecified atom stereocenters. The number of rotatable bonds is 6. The Labute approximate surface area is 93.2 Å². The quantitative estimate of drug-likeness (QED) is 0.552. The van der Waals surface area contributed by atoms with Gasteiger partial charge in [-0.15, -0.1) is 6.58 Å². The van der Waals surface area contributed by atoms with E-state index in [2.05, 4.69) is 56.1 Å². The van der Waals surface area contributed by atoms with E-state index in [0.717, 1.165) is 19.5 Å². The van der Waals surface area contributed by atoms with Gasteiger partial charge in [-0.25, -0.2) is 0 Å². The molecule has 0 saturated carbocycles. The molecule has 0 aliphatic rings. The summed E-state index contributed by atoms with van der Waals surface area (Å²) in [6.45, 7) is 10.3. The predicted molar refractivity (Wildman–Crippen MR) is 67.2 cm³/mol. The summed E-state index contributed by atoms with van der Waals surface area (Å²) >= 11 is 0. The minimum Gasteiger partial charge on any atom is -0.316 e. The highest BCUT2D eigenvalue weighted by Gasteiger charge is 2.03. The van der Waals surface area contributed by atoms with Crippen LogP contribution in [-0.2, 0) is 0 Å². The molecule has 1 aromatic carbocycles. The molecule has 1 aromatic rings. The summed E-state index contributed by atoms with van der Waals surface area (Å²) in [5, 5.41) is 3.45. The zero-order valence-electron chi connectivity index (χ0n) is 9.79. The fourth-order valence-corrected chi connectivity index (χ4v) is 1.52. The van der Waals surface area contributed by atoms with Crippen molar-refractivity contribution < 1.29 is 0 Å². The molecule has 0 radical (unpaired) electrons. The maximum Gasteiger partial charge on any atom is 0.00176 e. The molecule has 82 valence electrons. The fraction of sp³-hybridized carbons (Fsp3) is 0.429. The summed E-state index contributed by atoms with van der Waals surface area (Å²) in [6.07, 6.45) is 1.07. The van der Waals surface area contributed by atoms with Gasteiger partial charge in [-0.05, 0) is 31.4 Å². The molecule has 0 aromatic heterocycles. The van der Waals surface area contributed by atoms with Crippen LogP contribution in [0.1, 0.15) is 31.7 Å². The van der Waals surface area contributed by atoms with Gasteiger partial charge in [0.15, 0.2) is 0 Å². The van der Waals surface area contributed by atoms with E-state index in [1.807, 2.05) is 0 Å². The maximum absolute atomic E-state index is 3.89. The standard InChI is InChI=1S/C14H21N/c1-12(2)9-10-15-11-13(3)14-7-5-4-6-8-14/h4-8,13,15H,1,9-11H2,2-3H3. The second-order valence-corrected chi connectivity index (χ2v) is 4.22. The monoisotopic (exact) mass is 203 g/mol. The molecule has 0 heterocycles. The fourth-order valence-electron chi connectivity index (χ4n) is 1.52. The van der Waals surface area contributed by atoms with Gasteiger partial charge in [0.1, 0.15) is 0 Å². The van der Waals surface area contributed by atoms with Crippen molar-refractivity contribution in [2.75, 3.05) is 13.1 Å². The summed E-state index contributed by atoms with van der Waals surface area (Å²) in [7, 11) is 0. The largest absolute Gasteiger partial charge is 0.316 e. The van der Waals surface area contributed by atoms with E-state index in [1.165, 1.54) is 11.1 Å². The van der Waals surface area contributed by atoms with Gasteiger partial charge in [0.2, 0.25) is 0 Å². The Morgan fingerprint density at radius 2 is 2.00 bits per heavy atom. The van der Waals surface area contributed by atoms with Crippen LogP contribution in [0.2, 0.25) is 0 Å². The van der Waals surface area contributed by atoms with Crippen molar-refractivity contribution >= 4 is 0 Å². The van der Waals surface area contributed by atoms with Crippen LogP contribution < -0.4 is 5.32 Å². The van der Waals surface area contributed by atoms with Gasteiger partial charge in [0.05, 0.1) is 0 Å². The first-order valence-corrected chi connectivity index (χ1v) is 5.60. The Morgan fingerprint density at radius 3 is 2.60 bits per heavy atom. The zero-order valence-corrected chi connectivity index (χ0v) is 9.79. The SMILES string of the molecule is C=C(C)CCNCC(C)c1ccccc1. The number of nitrogens with one attached hydrogen (secondary N) is 1. The van der Waals surface area contributed by atoms with E-state index >= 15 is 0 Å². The number of benzene rings is 1. The van der Waals surface area contributed by atoms with Gasteiger partial charge >= 0.3 is 0 Å². The Morgan fingerprint density at radius 1 is 1.33 bits per heavy atom. The van der Waals surface area contributed by atoms with Gasteiger partial charge in [-0.1, -0.05) is 42.8 Å². The summed E-state index contributed by atoms with van der Waals surface area (Å²) < 4.78 is 0. The van der Waals surface area contributed by atoms with Crippen molar-refractivity contribution in [3.8, 4) is 0 Å². The van der Waals surface area contributed by atoms with Crippen LogP contribution in [0.3, 0.4) is 0 Å². The third-order valence-electron chi connectivity index (χ3n) is 2.55. The van der Waals surface area contributed by atoms with Gasteiger partial charge in [-0.2, -0.15) is 0 Å². The van der Waals surface area contributed by atoms with E-state index in [9.17, 15) is 0 Å². The second kappa shape index (κ2) is 6.41. The molecule has 1 heteroatoms. The van der Waals surface area contributed by atoms with Crippen molar-refractivity contribution in [3.63, 3.8) is 0 Å². The predicted octanol–water partition coefficient (Wildman–Crippen LogP) is 3.35. The van der Waals surface area contributed by atoms with Crippen LogP contribution in [-0.4, -0.2) is 13.1 Å². The third kappa shape index (κ3) is 4.80. The summed E-state index contributed by atoms with van der Waals surface area (Å²) in [4.78, 5) is 0. The first kappa shape index (κ1) is 12.0. The van der Waals surface area contributed by atoms with E-state index in [1.54, 1.807) is 0 Å². The van der Waals surface area contributed by atoms with Crippen molar-refractivity contribution in [2.24, 2.45) is 0 Å². The van der Waals surface area contributed by atoms with E-state index in [-0.39, 0.29) is 0 Å². The van der Waals surface area contributed by atoms with E-state index in [4.69, 9.17) is 0 Å². The van der Waals surface area contributed by atoms with Crippen molar-refractivity contribution in [1.29, 1.82) is 0 Å². The highest BCUT2D eigenvalue weighted by atomic mass is 14.8. The number of hydrogen-bond donors (Lipinski definition) is 1.